The summed E-state index contributed by atoms with van der Waals surface area (Å²) >= 11 is 0. The smallest absolute Gasteiger partial charge is 0.227 e. The number of rotatable bonds is 3. The van der Waals surface area contributed by atoms with Crippen LogP contribution in [0.3, 0.4) is 0 Å². The molecule has 20 heavy (non-hydrogen) atoms. The number of carbonyl (C=O) groups is 1. The van der Waals surface area contributed by atoms with Crippen LogP contribution in [-0.2, 0) is 11.3 Å². The summed E-state index contributed by atoms with van der Waals surface area (Å²) in [6.45, 7) is 3.89. The number of β-amino-alcohol motifs (C(OH)–C–C–N with tert-alkyl or cyclic N) is 1. The van der Waals surface area contributed by atoms with E-state index < -0.39 is 0 Å². The predicted molar refractivity (Wildman–Crippen MR) is 77.0 cm³/mol. The van der Waals surface area contributed by atoms with Gasteiger partial charge in [-0.05, 0) is 24.9 Å². The van der Waals surface area contributed by atoms with Crippen LogP contribution in [0.2, 0.25) is 0 Å². The number of amides is 1. The first kappa shape index (κ1) is 13.6. The van der Waals surface area contributed by atoms with Gasteiger partial charge in [0.25, 0.3) is 0 Å². The van der Waals surface area contributed by atoms with Gasteiger partial charge in [-0.15, -0.1) is 0 Å². The van der Waals surface area contributed by atoms with E-state index in [9.17, 15) is 9.90 Å². The molecule has 1 amide bonds. The van der Waals surface area contributed by atoms with Gasteiger partial charge in [0.05, 0.1) is 12.0 Å². The molecule has 0 aliphatic carbocycles. The number of carbonyl (C=O) groups excluding carboxylic acids is 1. The molecule has 3 rings (SSSR count). The lowest BCUT2D eigenvalue weighted by atomic mass is 9.94. The van der Waals surface area contributed by atoms with Gasteiger partial charge in [-0.2, -0.15) is 0 Å². The summed E-state index contributed by atoms with van der Waals surface area (Å²) in [5.41, 5.74) is 1.31. The van der Waals surface area contributed by atoms with E-state index in [-0.39, 0.29) is 17.9 Å². The van der Waals surface area contributed by atoms with Crippen molar-refractivity contribution in [2.24, 2.45) is 5.92 Å². The van der Waals surface area contributed by atoms with E-state index in [4.69, 9.17) is 0 Å². The third kappa shape index (κ3) is 3.02. The molecule has 0 spiro atoms. The van der Waals surface area contributed by atoms with E-state index in [2.05, 4.69) is 29.2 Å². The fraction of sp³-hybridized carbons (Fsp3) is 0.562. The van der Waals surface area contributed by atoms with Crippen molar-refractivity contribution in [3.05, 3.63) is 35.9 Å². The summed E-state index contributed by atoms with van der Waals surface area (Å²) < 4.78 is 0. The molecule has 0 bridgehead atoms. The Kier molecular flexibility index (Phi) is 4.03. The lowest BCUT2D eigenvalue weighted by Crippen LogP contribution is -2.56. The molecule has 0 aromatic heterocycles. The minimum atomic E-state index is -0.303. The van der Waals surface area contributed by atoms with E-state index in [1.54, 1.807) is 4.90 Å². The summed E-state index contributed by atoms with van der Waals surface area (Å²) in [6, 6.07) is 10.4. The van der Waals surface area contributed by atoms with Crippen LogP contribution in [0.15, 0.2) is 30.3 Å². The van der Waals surface area contributed by atoms with Crippen molar-refractivity contribution in [3.8, 4) is 0 Å². The number of nitrogens with zero attached hydrogens (tertiary/aromatic N) is 2. The van der Waals surface area contributed by atoms with Crippen molar-refractivity contribution in [1.82, 2.24) is 9.80 Å². The number of hydrogen-bond acceptors (Lipinski definition) is 3. The number of aliphatic hydroxyl groups excluding tert-OH is 1. The molecular formula is C16H22N2O2. The van der Waals surface area contributed by atoms with Gasteiger partial charge in [0.15, 0.2) is 0 Å². The quantitative estimate of drug-likeness (QED) is 0.897. The molecule has 0 radical (unpaired) electrons. The number of hydrogen-bond donors (Lipinski definition) is 1. The molecular weight excluding hydrogens is 252 g/mol. The van der Waals surface area contributed by atoms with Crippen LogP contribution in [-0.4, -0.2) is 53.1 Å². The summed E-state index contributed by atoms with van der Waals surface area (Å²) in [4.78, 5) is 16.5. The van der Waals surface area contributed by atoms with Crippen LogP contribution in [0.25, 0.3) is 0 Å². The molecule has 4 heteroatoms. The second-order valence-corrected chi connectivity index (χ2v) is 5.96. The van der Waals surface area contributed by atoms with E-state index in [0.29, 0.717) is 13.1 Å². The van der Waals surface area contributed by atoms with Gasteiger partial charge in [0.2, 0.25) is 5.91 Å². The molecule has 1 aromatic carbocycles. The van der Waals surface area contributed by atoms with Crippen molar-refractivity contribution < 1.29 is 9.90 Å². The molecule has 2 aliphatic heterocycles. The summed E-state index contributed by atoms with van der Waals surface area (Å²) in [7, 11) is 0. The maximum atomic E-state index is 12.3. The highest BCUT2D eigenvalue weighted by atomic mass is 16.3. The van der Waals surface area contributed by atoms with Crippen LogP contribution < -0.4 is 0 Å². The Morgan fingerprint density at radius 3 is 2.65 bits per heavy atom. The number of benzene rings is 1. The molecule has 0 saturated carbocycles. The Morgan fingerprint density at radius 1 is 1.20 bits per heavy atom. The zero-order valence-electron chi connectivity index (χ0n) is 11.7. The topological polar surface area (TPSA) is 43.8 Å². The first-order chi connectivity index (χ1) is 9.72. The molecule has 1 aromatic rings. The number of piperidine rings is 1. The molecule has 4 nitrogen and oxygen atoms in total. The minimum absolute atomic E-state index is 0.111. The second-order valence-electron chi connectivity index (χ2n) is 5.96. The predicted octanol–water partition coefficient (Wildman–Crippen LogP) is 1.10. The van der Waals surface area contributed by atoms with Crippen molar-refractivity contribution in [2.45, 2.75) is 25.5 Å². The Bertz CT molecular complexity index is 457. The van der Waals surface area contributed by atoms with E-state index in [1.165, 1.54) is 5.56 Å². The fourth-order valence-electron chi connectivity index (χ4n) is 3.14. The highest BCUT2D eigenvalue weighted by molar-refractivity contribution is 5.80. The fourth-order valence-corrected chi connectivity index (χ4v) is 3.14. The van der Waals surface area contributed by atoms with Crippen LogP contribution in [0.1, 0.15) is 18.4 Å². The molecule has 2 heterocycles. The van der Waals surface area contributed by atoms with Crippen LogP contribution in [0.5, 0.6) is 0 Å². The van der Waals surface area contributed by atoms with Gasteiger partial charge in [0, 0.05) is 26.2 Å². The van der Waals surface area contributed by atoms with Gasteiger partial charge in [-0.25, -0.2) is 0 Å². The highest BCUT2D eigenvalue weighted by Crippen LogP contribution is 2.22. The summed E-state index contributed by atoms with van der Waals surface area (Å²) in [5, 5.41) is 9.31. The zero-order chi connectivity index (χ0) is 13.9. The SMILES string of the molecule is O=C(C1CCCN(Cc2ccccc2)C1)N1CC(O)C1. The molecule has 108 valence electrons. The molecule has 2 fully saturated rings. The molecule has 1 atom stereocenters. The van der Waals surface area contributed by atoms with Gasteiger partial charge < -0.3 is 10.0 Å². The van der Waals surface area contributed by atoms with Crippen LogP contribution in [0, 0.1) is 5.92 Å². The van der Waals surface area contributed by atoms with E-state index >= 15 is 0 Å². The van der Waals surface area contributed by atoms with E-state index in [0.717, 1.165) is 32.5 Å². The lowest BCUT2D eigenvalue weighted by Gasteiger charge is -2.40. The molecule has 2 aliphatic rings. The van der Waals surface area contributed by atoms with Crippen LogP contribution in [0.4, 0.5) is 0 Å². The van der Waals surface area contributed by atoms with Crippen molar-refractivity contribution in [1.29, 1.82) is 0 Å². The minimum Gasteiger partial charge on any atom is -0.389 e. The average molecular weight is 274 g/mol. The average Bonchev–Trinajstić information content (AvgIpc) is 2.45. The van der Waals surface area contributed by atoms with Crippen molar-refractivity contribution in [2.75, 3.05) is 26.2 Å². The number of likely N-dealkylation sites (tertiary alicyclic amines) is 2. The zero-order valence-corrected chi connectivity index (χ0v) is 11.7. The molecule has 2 saturated heterocycles. The maximum absolute atomic E-state index is 12.3. The van der Waals surface area contributed by atoms with Gasteiger partial charge in [-0.3, -0.25) is 9.69 Å². The van der Waals surface area contributed by atoms with Crippen molar-refractivity contribution >= 4 is 5.91 Å². The number of aliphatic hydroxyl groups is 1. The maximum Gasteiger partial charge on any atom is 0.227 e. The monoisotopic (exact) mass is 274 g/mol. The summed E-state index contributed by atoms with van der Waals surface area (Å²) in [6.07, 6.45) is 1.76. The highest BCUT2D eigenvalue weighted by Gasteiger charge is 2.35. The second kappa shape index (κ2) is 5.94. The Hall–Kier alpha value is -1.39. The molecule has 1 N–H and O–H groups in total. The van der Waals surface area contributed by atoms with Crippen LogP contribution >= 0.6 is 0 Å². The third-order valence-electron chi connectivity index (χ3n) is 4.28. The Balaban J connectivity index is 1.55. The standard InChI is InChI=1S/C16H22N2O2/c19-15-11-18(12-15)16(20)14-7-4-8-17(10-14)9-13-5-2-1-3-6-13/h1-3,5-6,14-15,19H,4,7-12H2. The third-order valence-corrected chi connectivity index (χ3v) is 4.28. The van der Waals surface area contributed by atoms with Gasteiger partial charge >= 0.3 is 0 Å². The Morgan fingerprint density at radius 2 is 1.95 bits per heavy atom. The van der Waals surface area contributed by atoms with E-state index in [1.807, 2.05) is 6.07 Å². The first-order valence-electron chi connectivity index (χ1n) is 7.45. The first-order valence-corrected chi connectivity index (χ1v) is 7.45. The molecule has 1 unspecified atom stereocenters. The van der Waals surface area contributed by atoms with Gasteiger partial charge in [-0.1, -0.05) is 30.3 Å². The van der Waals surface area contributed by atoms with Gasteiger partial charge in [0.1, 0.15) is 0 Å². The summed E-state index contributed by atoms with van der Waals surface area (Å²) in [5.74, 6) is 0.341. The Labute approximate surface area is 120 Å². The normalized spacial score (nSPS) is 24.4. The van der Waals surface area contributed by atoms with Crippen molar-refractivity contribution in [3.63, 3.8) is 0 Å². The largest absolute Gasteiger partial charge is 0.389 e. The lowest BCUT2D eigenvalue weighted by molar-refractivity contribution is -0.147.